The van der Waals surface area contributed by atoms with Crippen LogP contribution in [0.5, 0.6) is 11.5 Å². The van der Waals surface area contributed by atoms with Crippen molar-refractivity contribution in [2.45, 2.75) is 19.4 Å². The summed E-state index contributed by atoms with van der Waals surface area (Å²) < 4.78 is 11.7. The van der Waals surface area contributed by atoms with Crippen LogP contribution in [0.15, 0.2) is 16.6 Å². The first-order valence-corrected chi connectivity index (χ1v) is 7.55. The molecule has 1 aromatic carbocycles. The number of likely N-dealkylation sites (tertiary alicyclic amines) is 1. The van der Waals surface area contributed by atoms with Crippen LogP contribution in [0.3, 0.4) is 0 Å². The molecule has 1 aliphatic rings. The number of hydrogen-bond donors (Lipinski definition) is 0. The van der Waals surface area contributed by atoms with Gasteiger partial charge in [0.05, 0.1) is 18.7 Å². The van der Waals surface area contributed by atoms with Gasteiger partial charge in [0.15, 0.2) is 0 Å². The van der Waals surface area contributed by atoms with Crippen molar-refractivity contribution in [2.24, 2.45) is 5.92 Å². The van der Waals surface area contributed by atoms with Gasteiger partial charge in [0.1, 0.15) is 17.8 Å². The molecule has 0 atom stereocenters. The molecule has 1 heterocycles. The minimum atomic E-state index is 0.229. The van der Waals surface area contributed by atoms with Crippen LogP contribution in [0, 0.1) is 5.92 Å². The number of nitrogens with zero attached hydrogens (tertiary/aromatic N) is 1. The molecule has 0 N–H and O–H groups in total. The second-order valence-corrected chi connectivity index (χ2v) is 5.90. The number of piperidine rings is 1. The van der Waals surface area contributed by atoms with Gasteiger partial charge in [0, 0.05) is 18.0 Å². The highest BCUT2D eigenvalue weighted by molar-refractivity contribution is 9.10. The number of hydrogen-bond acceptors (Lipinski definition) is 4. The first-order valence-electron chi connectivity index (χ1n) is 6.76. The Morgan fingerprint density at radius 2 is 1.90 bits per heavy atom. The van der Waals surface area contributed by atoms with Crippen LogP contribution in [0.2, 0.25) is 0 Å². The molecule has 0 radical (unpaired) electrons. The summed E-state index contributed by atoms with van der Waals surface area (Å²) in [6.07, 6.45) is 2.97. The molecule has 0 aliphatic carbocycles. The lowest BCUT2D eigenvalue weighted by atomic mass is 9.98. The Hall–Kier alpha value is -1.07. The van der Waals surface area contributed by atoms with Crippen LogP contribution in [-0.4, -0.2) is 38.5 Å². The minimum absolute atomic E-state index is 0.229. The number of benzene rings is 1. The van der Waals surface area contributed by atoms with E-state index in [-0.39, 0.29) is 5.92 Å². The maximum Gasteiger partial charge on any atom is 0.133 e. The zero-order valence-electron chi connectivity index (χ0n) is 11.9. The van der Waals surface area contributed by atoms with Crippen LogP contribution in [-0.2, 0) is 11.3 Å². The molecule has 1 fully saturated rings. The van der Waals surface area contributed by atoms with E-state index in [1.54, 1.807) is 14.2 Å². The third-order valence-corrected chi connectivity index (χ3v) is 4.39. The molecule has 0 unspecified atom stereocenters. The summed E-state index contributed by atoms with van der Waals surface area (Å²) in [6.45, 7) is 2.72. The Morgan fingerprint density at radius 3 is 2.45 bits per heavy atom. The van der Waals surface area contributed by atoms with E-state index >= 15 is 0 Å². The van der Waals surface area contributed by atoms with Gasteiger partial charge in [-0.1, -0.05) is 0 Å². The van der Waals surface area contributed by atoms with Crippen LogP contribution < -0.4 is 9.47 Å². The van der Waals surface area contributed by atoms with Crippen molar-refractivity contribution in [1.82, 2.24) is 4.90 Å². The van der Waals surface area contributed by atoms with Crippen molar-refractivity contribution >= 4 is 22.2 Å². The fourth-order valence-electron chi connectivity index (χ4n) is 2.54. The number of carbonyl (C=O) groups excluding carboxylic acids is 1. The van der Waals surface area contributed by atoms with Gasteiger partial charge in [-0.2, -0.15) is 0 Å². The predicted molar refractivity (Wildman–Crippen MR) is 81.3 cm³/mol. The molecule has 2 rings (SSSR count). The summed E-state index contributed by atoms with van der Waals surface area (Å²) in [5.74, 6) is 1.89. The SMILES string of the molecule is COc1cc(CN2CCC(C=O)CC2)c(OC)cc1Br. The number of methoxy groups -OCH3 is 2. The number of rotatable bonds is 5. The summed E-state index contributed by atoms with van der Waals surface area (Å²) >= 11 is 3.47. The van der Waals surface area contributed by atoms with Crippen LogP contribution in [0.25, 0.3) is 0 Å². The maximum absolute atomic E-state index is 10.8. The summed E-state index contributed by atoms with van der Waals surface area (Å²) in [7, 11) is 3.34. The van der Waals surface area contributed by atoms with Crippen molar-refractivity contribution in [1.29, 1.82) is 0 Å². The van der Waals surface area contributed by atoms with Gasteiger partial charge in [0.25, 0.3) is 0 Å². The van der Waals surface area contributed by atoms with E-state index in [0.717, 1.165) is 60.3 Å². The van der Waals surface area contributed by atoms with Crippen molar-refractivity contribution in [2.75, 3.05) is 27.3 Å². The Kier molecular flexibility index (Phi) is 5.43. The topological polar surface area (TPSA) is 38.8 Å². The zero-order valence-corrected chi connectivity index (χ0v) is 13.5. The molecule has 5 heteroatoms. The Labute approximate surface area is 128 Å². The fraction of sp³-hybridized carbons (Fsp3) is 0.533. The van der Waals surface area contributed by atoms with Gasteiger partial charge in [-0.05, 0) is 54.0 Å². The van der Waals surface area contributed by atoms with Crippen molar-refractivity contribution in [3.05, 3.63) is 22.2 Å². The predicted octanol–water partition coefficient (Wildman–Crippen LogP) is 2.88. The Morgan fingerprint density at radius 1 is 1.25 bits per heavy atom. The smallest absolute Gasteiger partial charge is 0.133 e. The number of carbonyl (C=O) groups is 1. The van der Waals surface area contributed by atoms with E-state index in [0.29, 0.717) is 0 Å². The average Bonchev–Trinajstić information content (AvgIpc) is 2.49. The van der Waals surface area contributed by atoms with Crippen LogP contribution in [0.1, 0.15) is 18.4 Å². The zero-order chi connectivity index (χ0) is 14.5. The molecule has 1 aromatic rings. The van der Waals surface area contributed by atoms with E-state index < -0.39 is 0 Å². The van der Waals surface area contributed by atoms with Crippen molar-refractivity contribution < 1.29 is 14.3 Å². The minimum Gasteiger partial charge on any atom is -0.496 e. The molecule has 4 nitrogen and oxygen atoms in total. The molecular formula is C15H20BrNO3. The lowest BCUT2D eigenvalue weighted by molar-refractivity contribution is -0.112. The molecule has 0 aromatic heterocycles. The maximum atomic E-state index is 10.8. The first-order chi connectivity index (χ1) is 9.67. The van der Waals surface area contributed by atoms with Crippen molar-refractivity contribution in [3.63, 3.8) is 0 Å². The molecule has 20 heavy (non-hydrogen) atoms. The van der Waals surface area contributed by atoms with Crippen LogP contribution >= 0.6 is 15.9 Å². The van der Waals surface area contributed by atoms with Gasteiger partial charge in [0.2, 0.25) is 0 Å². The standard InChI is InChI=1S/C15H20BrNO3/c1-19-14-8-13(16)15(20-2)7-12(14)9-17-5-3-11(10-18)4-6-17/h7-8,10-11H,3-6,9H2,1-2H3. The summed E-state index contributed by atoms with van der Waals surface area (Å²) in [4.78, 5) is 13.1. The van der Waals surface area contributed by atoms with E-state index in [4.69, 9.17) is 9.47 Å². The van der Waals surface area contributed by atoms with Gasteiger partial charge in [-0.15, -0.1) is 0 Å². The lowest BCUT2D eigenvalue weighted by Gasteiger charge is -2.30. The third kappa shape index (κ3) is 3.52. The largest absolute Gasteiger partial charge is 0.496 e. The molecule has 0 spiro atoms. The number of aldehydes is 1. The highest BCUT2D eigenvalue weighted by atomic mass is 79.9. The Balaban J connectivity index is 2.10. The lowest BCUT2D eigenvalue weighted by Crippen LogP contribution is -2.33. The number of halogens is 1. The van der Waals surface area contributed by atoms with E-state index in [1.165, 1.54) is 0 Å². The molecule has 0 amide bonds. The fourth-order valence-corrected chi connectivity index (χ4v) is 3.02. The van der Waals surface area contributed by atoms with Crippen molar-refractivity contribution in [3.8, 4) is 11.5 Å². The van der Waals surface area contributed by atoms with Gasteiger partial charge >= 0.3 is 0 Å². The number of ether oxygens (including phenoxy) is 2. The molecule has 1 saturated heterocycles. The van der Waals surface area contributed by atoms with Gasteiger partial charge < -0.3 is 14.3 Å². The molecule has 0 saturated carbocycles. The summed E-state index contributed by atoms with van der Waals surface area (Å²) in [5.41, 5.74) is 1.11. The highest BCUT2D eigenvalue weighted by Crippen LogP contribution is 2.33. The average molecular weight is 342 g/mol. The van der Waals surface area contributed by atoms with E-state index in [2.05, 4.69) is 20.8 Å². The second kappa shape index (κ2) is 7.09. The molecule has 0 bridgehead atoms. The van der Waals surface area contributed by atoms with E-state index in [1.807, 2.05) is 12.1 Å². The molecule has 110 valence electrons. The molecular weight excluding hydrogens is 322 g/mol. The quantitative estimate of drug-likeness (QED) is 0.772. The molecule has 1 aliphatic heterocycles. The third-order valence-electron chi connectivity index (χ3n) is 3.77. The Bertz CT molecular complexity index is 470. The summed E-state index contributed by atoms with van der Waals surface area (Å²) in [6, 6.07) is 3.95. The highest BCUT2D eigenvalue weighted by Gasteiger charge is 2.20. The van der Waals surface area contributed by atoms with Crippen LogP contribution in [0.4, 0.5) is 0 Å². The van der Waals surface area contributed by atoms with E-state index in [9.17, 15) is 4.79 Å². The first kappa shape index (κ1) is 15.3. The van der Waals surface area contributed by atoms with Gasteiger partial charge in [-0.3, -0.25) is 4.90 Å². The summed E-state index contributed by atoms with van der Waals surface area (Å²) in [5, 5.41) is 0. The van der Waals surface area contributed by atoms with Gasteiger partial charge in [-0.25, -0.2) is 0 Å². The normalized spacial score (nSPS) is 16.9. The monoisotopic (exact) mass is 341 g/mol. The second-order valence-electron chi connectivity index (χ2n) is 5.05.